The van der Waals surface area contributed by atoms with E-state index in [4.69, 9.17) is 0 Å². The zero-order valence-corrected chi connectivity index (χ0v) is 9.32. The molecule has 0 aliphatic carbocycles. The van der Waals surface area contributed by atoms with Crippen molar-refractivity contribution in [1.82, 2.24) is 0 Å². The second-order valence-corrected chi connectivity index (χ2v) is 3.00. The summed E-state index contributed by atoms with van der Waals surface area (Å²) < 4.78 is 6.37. The van der Waals surface area contributed by atoms with Crippen molar-refractivity contribution in [1.29, 1.82) is 0 Å². The Hall–Kier alpha value is -0.840. The molecule has 0 saturated carbocycles. The minimum atomic E-state index is -0.305. The van der Waals surface area contributed by atoms with Crippen molar-refractivity contribution in [3.8, 4) is 0 Å². The van der Waals surface area contributed by atoms with Gasteiger partial charge in [0.2, 0.25) is 0 Å². The van der Waals surface area contributed by atoms with Crippen molar-refractivity contribution >= 4 is 34.1 Å². The molecule has 1 aromatic carbocycles. The molecule has 1 aromatic rings. The van der Waals surface area contributed by atoms with E-state index in [1.54, 1.807) is 4.08 Å². The van der Waals surface area contributed by atoms with Gasteiger partial charge >= 0.3 is 5.97 Å². The van der Waals surface area contributed by atoms with Crippen LogP contribution in [0, 0.1) is 0 Å². The molecule has 13 heavy (non-hydrogen) atoms. The molecule has 0 N–H and O–H groups in total. The predicted molar refractivity (Wildman–Crippen MR) is 60.5 cm³/mol. The van der Waals surface area contributed by atoms with Gasteiger partial charge in [-0.15, -0.1) is 0 Å². The zero-order chi connectivity index (χ0) is 9.68. The first kappa shape index (κ1) is 10.2. The third-order valence-corrected chi connectivity index (χ3v) is 2.22. The van der Waals surface area contributed by atoms with E-state index < -0.39 is 0 Å². The highest BCUT2D eigenvalue weighted by atomic mass is 127. The fourth-order valence-electron chi connectivity index (χ4n) is 0.953. The molecule has 0 aliphatic rings. The lowest BCUT2D eigenvalue weighted by molar-refractivity contribution is -0.133. The third-order valence-electron chi connectivity index (χ3n) is 1.60. The van der Waals surface area contributed by atoms with Gasteiger partial charge in [-0.1, -0.05) is 52.9 Å². The lowest BCUT2D eigenvalue weighted by Gasteiger charge is -2.03. The zero-order valence-electron chi connectivity index (χ0n) is 7.16. The predicted octanol–water partition coefficient (Wildman–Crippen LogP) is 2.64. The van der Waals surface area contributed by atoms with Crippen LogP contribution in [-0.4, -0.2) is 13.1 Å². The second kappa shape index (κ2) is 5.01. The van der Waals surface area contributed by atoms with Gasteiger partial charge in [-0.2, -0.15) is 0 Å². The third kappa shape index (κ3) is 2.55. The molecule has 0 amide bonds. The van der Waals surface area contributed by atoms with E-state index in [2.05, 4.69) is 4.74 Å². The summed E-state index contributed by atoms with van der Waals surface area (Å²) in [5, 5.41) is 0. The van der Waals surface area contributed by atoms with Gasteiger partial charge < -0.3 is 4.74 Å². The van der Waals surface area contributed by atoms with Gasteiger partial charge in [0.1, 0.15) is 0 Å². The van der Waals surface area contributed by atoms with Gasteiger partial charge in [-0.3, -0.25) is 0 Å². The number of hydrogen-bond donors (Lipinski definition) is 0. The summed E-state index contributed by atoms with van der Waals surface area (Å²) in [6.07, 6.45) is 0. The highest BCUT2D eigenvalue weighted by Gasteiger charge is 2.10. The van der Waals surface area contributed by atoms with Crippen LogP contribution in [-0.2, 0) is 9.53 Å². The SMILES string of the molecule is COC(=O)/C(=C\I)c1ccccc1. The van der Waals surface area contributed by atoms with Crippen LogP contribution in [0.5, 0.6) is 0 Å². The van der Waals surface area contributed by atoms with Crippen molar-refractivity contribution < 1.29 is 9.53 Å². The molecule has 2 nitrogen and oxygen atoms in total. The van der Waals surface area contributed by atoms with Crippen molar-refractivity contribution in [2.75, 3.05) is 7.11 Å². The fourth-order valence-corrected chi connectivity index (χ4v) is 1.57. The number of carbonyl (C=O) groups excluding carboxylic acids is 1. The summed E-state index contributed by atoms with van der Waals surface area (Å²) in [5.41, 5.74) is 1.47. The number of halogens is 1. The second-order valence-electron chi connectivity index (χ2n) is 2.38. The number of methoxy groups -OCH3 is 1. The minimum absolute atomic E-state index is 0.305. The van der Waals surface area contributed by atoms with Crippen LogP contribution in [0.4, 0.5) is 0 Å². The van der Waals surface area contributed by atoms with E-state index in [1.165, 1.54) is 7.11 Å². The van der Waals surface area contributed by atoms with Gasteiger partial charge in [0.05, 0.1) is 12.7 Å². The fraction of sp³-hybridized carbons (Fsp3) is 0.100. The standard InChI is InChI=1S/C10H9IO2/c1-13-10(12)9(7-11)8-5-3-2-4-6-8/h2-7H,1H3/b9-7-. The maximum Gasteiger partial charge on any atom is 0.338 e. The van der Waals surface area contributed by atoms with Gasteiger partial charge in [0, 0.05) is 0 Å². The Labute approximate surface area is 90.7 Å². The Bertz CT molecular complexity index is 317. The molecule has 68 valence electrons. The molecule has 0 bridgehead atoms. The highest BCUT2D eigenvalue weighted by Crippen LogP contribution is 2.16. The smallest absolute Gasteiger partial charge is 0.338 e. The van der Waals surface area contributed by atoms with E-state index in [1.807, 2.05) is 52.9 Å². The van der Waals surface area contributed by atoms with Crippen LogP contribution in [0.2, 0.25) is 0 Å². The summed E-state index contributed by atoms with van der Waals surface area (Å²) in [5.74, 6) is -0.305. The van der Waals surface area contributed by atoms with Crippen molar-refractivity contribution in [3.63, 3.8) is 0 Å². The maximum absolute atomic E-state index is 11.2. The molecule has 0 saturated heterocycles. The van der Waals surface area contributed by atoms with Crippen LogP contribution < -0.4 is 0 Å². The van der Waals surface area contributed by atoms with E-state index in [0.717, 1.165) is 5.56 Å². The first-order chi connectivity index (χ1) is 6.29. The molecule has 0 radical (unpaired) electrons. The maximum atomic E-state index is 11.2. The highest BCUT2D eigenvalue weighted by molar-refractivity contribution is 14.1. The number of esters is 1. The van der Waals surface area contributed by atoms with Crippen LogP contribution in [0.3, 0.4) is 0 Å². The molecular formula is C10H9IO2. The van der Waals surface area contributed by atoms with E-state index in [9.17, 15) is 4.79 Å². The molecule has 0 heterocycles. The van der Waals surface area contributed by atoms with Crippen LogP contribution in [0.25, 0.3) is 5.57 Å². The van der Waals surface area contributed by atoms with E-state index in [-0.39, 0.29) is 5.97 Å². The summed E-state index contributed by atoms with van der Waals surface area (Å²) in [4.78, 5) is 11.2. The van der Waals surface area contributed by atoms with E-state index >= 15 is 0 Å². The number of benzene rings is 1. The summed E-state index contributed by atoms with van der Waals surface area (Å²) in [7, 11) is 1.38. The Morgan fingerprint density at radius 2 is 2.00 bits per heavy atom. The van der Waals surface area contributed by atoms with Crippen molar-refractivity contribution in [2.24, 2.45) is 0 Å². The molecule has 0 spiro atoms. The molecule has 0 aliphatic heterocycles. The number of rotatable bonds is 2. The summed E-state index contributed by atoms with van der Waals surface area (Å²) in [6, 6.07) is 9.44. The van der Waals surface area contributed by atoms with Gasteiger partial charge in [0.25, 0.3) is 0 Å². The topological polar surface area (TPSA) is 26.3 Å². The Balaban J connectivity index is 3.00. The van der Waals surface area contributed by atoms with E-state index in [0.29, 0.717) is 5.57 Å². The Kier molecular flexibility index (Phi) is 3.95. The van der Waals surface area contributed by atoms with Gasteiger partial charge in [0.15, 0.2) is 0 Å². The normalized spacial score (nSPS) is 11.1. The average Bonchev–Trinajstić information content (AvgIpc) is 2.20. The molecular weight excluding hydrogens is 279 g/mol. The molecule has 3 heteroatoms. The quantitative estimate of drug-likeness (QED) is 0.475. The summed E-state index contributed by atoms with van der Waals surface area (Å²) in [6.45, 7) is 0. The largest absolute Gasteiger partial charge is 0.465 e. The Morgan fingerprint density at radius 1 is 1.38 bits per heavy atom. The van der Waals surface area contributed by atoms with Crippen LogP contribution >= 0.6 is 22.6 Å². The monoisotopic (exact) mass is 288 g/mol. The number of hydrogen-bond acceptors (Lipinski definition) is 2. The van der Waals surface area contributed by atoms with Gasteiger partial charge in [-0.25, -0.2) is 4.79 Å². The molecule has 0 aromatic heterocycles. The Morgan fingerprint density at radius 3 is 2.46 bits per heavy atom. The van der Waals surface area contributed by atoms with Gasteiger partial charge in [-0.05, 0) is 9.65 Å². The first-order valence-corrected chi connectivity index (χ1v) is 4.98. The average molecular weight is 288 g/mol. The van der Waals surface area contributed by atoms with Crippen molar-refractivity contribution in [2.45, 2.75) is 0 Å². The lowest BCUT2D eigenvalue weighted by atomic mass is 10.1. The van der Waals surface area contributed by atoms with Crippen LogP contribution in [0.1, 0.15) is 5.56 Å². The number of ether oxygens (including phenoxy) is 1. The molecule has 0 fully saturated rings. The molecule has 0 atom stereocenters. The molecule has 0 unspecified atom stereocenters. The minimum Gasteiger partial charge on any atom is -0.465 e. The van der Waals surface area contributed by atoms with Crippen molar-refractivity contribution in [3.05, 3.63) is 40.0 Å². The van der Waals surface area contributed by atoms with Crippen LogP contribution in [0.15, 0.2) is 34.4 Å². The first-order valence-electron chi connectivity index (χ1n) is 3.73. The molecule has 1 rings (SSSR count). The lowest BCUT2D eigenvalue weighted by Crippen LogP contribution is -2.02. The summed E-state index contributed by atoms with van der Waals surface area (Å²) >= 11 is 2.03. The number of carbonyl (C=O) groups is 1.